The van der Waals surface area contributed by atoms with Crippen LogP contribution in [0.5, 0.6) is 0 Å². The van der Waals surface area contributed by atoms with Crippen molar-refractivity contribution in [3.8, 4) is 0 Å². The summed E-state index contributed by atoms with van der Waals surface area (Å²) in [5, 5.41) is 1.07. The molecule has 2 heterocycles. The number of nitrogens with two attached hydrogens (primary N) is 1. The number of hydrogen-bond acceptors (Lipinski definition) is 5. The van der Waals surface area contributed by atoms with Gasteiger partial charge in [0, 0.05) is 10.8 Å². The number of thiophene rings is 1. The first-order chi connectivity index (χ1) is 9.78. The Bertz CT molecular complexity index is 651. The molecule has 0 spiro atoms. The molecule has 0 saturated heterocycles. The molecule has 2 bridgehead atoms. The summed E-state index contributed by atoms with van der Waals surface area (Å²) in [5.41, 5.74) is 2.77. The zero-order valence-electron chi connectivity index (χ0n) is 11.7. The van der Waals surface area contributed by atoms with E-state index in [0.29, 0.717) is 5.92 Å². The number of hydrazine groups is 1. The topological polar surface area (TPSA) is 63.8 Å². The van der Waals surface area contributed by atoms with Crippen molar-refractivity contribution in [1.29, 1.82) is 0 Å². The van der Waals surface area contributed by atoms with Gasteiger partial charge in [-0.1, -0.05) is 13.3 Å². The number of fused-ring (bicyclic) bond motifs is 3. The Kier molecular flexibility index (Phi) is 2.93. The highest BCUT2D eigenvalue weighted by Crippen LogP contribution is 2.52. The lowest BCUT2D eigenvalue weighted by Crippen LogP contribution is -2.15. The van der Waals surface area contributed by atoms with Crippen LogP contribution in [0.15, 0.2) is 6.07 Å². The normalized spacial score (nSPS) is 28.4. The summed E-state index contributed by atoms with van der Waals surface area (Å²) in [7, 11) is 0. The van der Waals surface area contributed by atoms with Crippen LogP contribution in [-0.2, 0) is 6.42 Å². The monoisotopic (exact) mass is 288 g/mol. The van der Waals surface area contributed by atoms with Crippen LogP contribution in [0.1, 0.15) is 49.2 Å². The van der Waals surface area contributed by atoms with Crippen molar-refractivity contribution in [2.45, 2.75) is 44.9 Å². The van der Waals surface area contributed by atoms with Crippen LogP contribution in [0.25, 0.3) is 10.2 Å². The minimum atomic E-state index is 0.553. The van der Waals surface area contributed by atoms with Crippen LogP contribution >= 0.6 is 11.3 Å². The third-order valence-corrected chi connectivity index (χ3v) is 6.19. The predicted molar refractivity (Wildman–Crippen MR) is 82.8 cm³/mol. The minimum absolute atomic E-state index is 0.553. The molecular formula is C15H20N4S. The van der Waals surface area contributed by atoms with E-state index in [-0.39, 0.29) is 0 Å². The second-order valence-corrected chi connectivity index (χ2v) is 7.26. The Labute approximate surface area is 122 Å². The molecule has 20 heavy (non-hydrogen) atoms. The first-order valence-corrected chi connectivity index (χ1v) is 8.37. The molecule has 4 nitrogen and oxygen atoms in total. The highest BCUT2D eigenvalue weighted by atomic mass is 32.1. The Balaban J connectivity index is 1.80. The molecule has 0 amide bonds. The lowest BCUT2D eigenvalue weighted by atomic mass is 9.88. The minimum Gasteiger partial charge on any atom is -0.308 e. The molecule has 106 valence electrons. The van der Waals surface area contributed by atoms with Crippen LogP contribution in [0.3, 0.4) is 0 Å². The molecule has 2 aliphatic carbocycles. The smallest absolute Gasteiger partial charge is 0.152 e. The summed E-state index contributed by atoms with van der Waals surface area (Å²) in [6.45, 7) is 2.17. The number of rotatable bonds is 3. The lowest BCUT2D eigenvalue weighted by molar-refractivity contribution is 0.406. The van der Waals surface area contributed by atoms with E-state index in [9.17, 15) is 0 Å². The second-order valence-electron chi connectivity index (χ2n) is 6.14. The Morgan fingerprint density at radius 2 is 2.25 bits per heavy atom. The molecule has 5 heteroatoms. The second kappa shape index (κ2) is 4.67. The van der Waals surface area contributed by atoms with Gasteiger partial charge in [-0.15, -0.1) is 11.3 Å². The zero-order chi connectivity index (χ0) is 13.7. The first kappa shape index (κ1) is 12.5. The number of nitrogens with one attached hydrogen (secondary N) is 1. The maximum absolute atomic E-state index is 5.67. The summed E-state index contributed by atoms with van der Waals surface area (Å²) in [6, 6.07) is 2.17. The van der Waals surface area contributed by atoms with Crippen molar-refractivity contribution in [3.05, 3.63) is 16.8 Å². The van der Waals surface area contributed by atoms with Gasteiger partial charge >= 0.3 is 0 Å². The standard InChI is InChI=1S/C15H20N4S/c1-2-10-7-12-14(19-16)17-13(18-15(12)20-10)11-6-8-3-4-9(11)5-8/h7-9,11H,2-6,16H2,1H3,(H,17,18,19). The first-order valence-electron chi connectivity index (χ1n) is 7.55. The van der Waals surface area contributed by atoms with Gasteiger partial charge in [-0.25, -0.2) is 15.8 Å². The Morgan fingerprint density at radius 1 is 1.35 bits per heavy atom. The fourth-order valence-electron chi connectivity index (χ4n) is 4.00. The summed E-state index contributed by atoms with van der Waals surface area (Å²) < 4.78 is 0. The molecule has 3 N–H and O–H groups in total. The molecule has 2 aromatic heterocycles. The molecule has 2 fully saturated rings. The van der Waals surface area contributed by atoms with E-state index < -0.39 is 0 Å². The van der Waals surface area contributed by atoms with Gasteiger partial charge in [0.25, 0.3) is 0 Å². The average molecular weight is 288 g/mol. The summed E-state index contributed by atoms with van der Waals surface area (Å²) in [5.74, 6) is 9.75. The number of anilines is 1. The summed E-state index contributed by atoms with van der Waals surface area (Å²) >= 11 is 1.77. The van der Waals surface area contributed by atoms with Gasteiger partial charge in [0.1, 0.15) is 10.7 Å². The number of hydrogen-bond donors (Lipinski definition) is 2. The van der Waals surface area contributed by atoms with E-state index in [2.05, 4.69) is 18.4 Å². The van der Waals surface area contributed by atoms with E-state index in [4.69, 9.17) is 15.8 Å². The molecule has 0 aromatic carbocycles. The van der Waals surface area contributed by atoms with E-state index in [1.54, 1.807) is 11.3 Å². The van der Waals surface area contributed by atoms with Crippen molar-refractivity contribution in [2.75, 3.05) is 5.43 Å². The predicted octanol–water partition coefficient (Wildman–Crippen LogP) is 3.44. The molecule has 4 rings (SSSR count). The maximum Gasteiger partial charge on any atom is 0.152 e. The van der Waals surface area contributed by atoms with Crippen molar-refractivity contribution >= 4 is 27.4 Å². The number of aromatic nitrogens is 2. The summed E-state index contributed by atoms with van der Waals surface area (Å²) in [4.78, 5) is 12.0. The van der Waals surface area contributed by atoms with Gasteiger partial charge in [-0.2, -0.15) is 0 Å². The molecule has 0 aliphatic heterocycles. The molecule has 3 atom stereocenters. The quantitative estimate of drug-likeness (QED) is 0.671. The van der Waals surface area contributed by atoms with E-state index in [1.165, 1.54) is 30.6 Å². The highest BCUT2D eigenvalue weighted by molar-refractivity contribution is 7.18. The van der Waals surface area contributed by atoms with E-state index >= 15 is 0 Å². The maximum atomic E-state index is 5.67. The van der Waals surface area contributed by atoms with E-state index in [1.807, 2.05) is 0 Å². The van der Waals surface area contributed by atoms with Crippen LogP contribution in [0.2, 0.25) is 0 Å². The Hall–Kier alpha value is -1.20. The third-order valence-electron chi connectivity index (χ3n) is 5.02. The largest absolute Gasteiger partial charge is 0.308 e. The molecular weight excluding hydrogens is 268 g/mol. The SMILES string of the molecule is CCc1cc2c(NN)nc(C3CC4CCC3C4)nc2s1. The van der Waals surface area contributed by atoms with Gasteiger partial charge < -0.3 is 5.43 Å². The fraction of sp³-hybridized carbons (Fsp3) is 0.600. The van der Waals surface area contributed by atoms with Crippen LogP contribution < -0.4 is 11.3 Å². The van der Waals surface area contributed by atoms with E-state index in [0.717, 1.165) is 40.1 Å². The van der Waals surface area contributed by atoms with Crippen LogP contribution in [-0.4, -0.2) is 9.97 Å². The number of aryl methyl sites for hydroxylation is 1. The molecule has 0 radical (unpaired) electrons. The zero-order valence-corrected chi connectivity index (χ0v) is 12.5. The van der Waals surface area contributed by atoms with Crippen molar-refractivity contribution < 1.29 is 0 Å². The fourth-order valence-corrected chi connectivity index (χ4v) is 4.97. The molecule has 2 saturated carbocycles. The lowest BCUT2D eigenvalue weighted by Gasteiger charge is -2.20. The highest BCUT2D eigenvalue weighted by Gasteiger charge is 2.41. The van der Waals surface area contributed by atoms with Gasteiger partial charge in [-0.05, 0) is 43.6 Å². The average Bonchev–Trinajstić information content (AvgIpc) is 3.19. The number of nitrogen functional groups attached to an aromatic ring is 1. The van der Waals surface area contributed by atoms with Gasteiger partial charge in [0.05, 0.1) is 5.39 Å². The van der Waals surface area contributed by atoms with Crippen molar-refractivity contribution in [2.24, 2.45) is 17.7 Å². The third kappa shape index (κ3) is 1.84. The van der Waals surface area contributed by atoms with Gasteiger partial charge in [-0.3, -0.25) is 0 Å². The van der Waals surface area contributed by atoms with Crippen molar-refractivity contribution in [1.82, 2.24) is 9.97 Å². The van der Waals surface area contributed by atoms with Crippen LogP contribution in [0, 0.1) is 11.8 Å². The molecule has 2 aromatic rings. The van der Waals surface area contributed by atoms with Gasteiger partial charge in [0.2, 0.25) is 0 Å². The summed E-state index contributed by atoms with van der Waals surface area (Å²) in [6.07, 6.45) is 6.44. The molecule has 2 aliphatic rings. The van der Waals surface area contributed by atoms with Crippen molar-refractivity contribution in [3.63, 3.8) is 0 Å². The number of nitrogens with zero attached hydrogens (tertiary/aromatic N) is 2. The van der Waals surface area contributed by atoms with Crippen LogP contribution in [0.4, 0.5) is 5.82 Å². The molecule has 3 unspecified atom stereocenters. The Morgan fingerprint density at radius 3 is 2.90 bits per heavy atom. The van der Waals surface area contributed by atoms with Gasteiger partial charge in [0.15, 0.2) is 5.82 Å².